The molecule has 2 aromatic heterocycles. The van der Waals surface area contributed by atoms with E-state index in [-0.39, 0.29) is 30.1 Å². The van der Waals surface area contributed by atoms with Crippen LogP contribution >= 0.6 is 11.3 Å². The lowest BCUT2D eigenvalue weighted by atomic mass is 10.3. The van der Waals surface area contributed by atoms with Gasteiger partial charge in [-0.15, -0.1) is 11.3 Å². The van der Waals surface area contributed by atoms with Crippen LogP contribution in [0.5, 0.6) is 0 Å². The predicted octanol–water partition coefficient (Wildman–Crippen LogP) is 0.988. The Morgan fingerprint density at radius 3 is 2.67 bits per heavy atom. The summed E-state index contributed by atoms with van der Waals surface area (Å²) in [4.78, 5) is 36.2. The molecule has 128 valence electrons. The number of anilines is 1. The van der Waals surface area contributed by atoms with Crippen molar-refractivity contribution in [2.24, 2.45) is 7.05 Å². The van der Waals surface area contributed by atoms with Gasteiger partial charge in [0.1, 0.15) is 5.82 Å². The van der Waals surface area contributed by atoms with E-state index in [9.17, 15) is 14.4 Å². The number of thiophene rings is 1. The standard InChI is InChI=1S/C15H19N5O3S/c1-9(2)17-13(21)8-16-14(22)10-7-12(20(3)19-10)18-15(23)11-5-4-6-24-11/h4-7,9H,8H2,1-3H3,(H,16,22)(H,17,21)(H,18,23). The summed E-state index contributed by atoms with van der Waals surface area (Å²) in [6.45, 7) is 3.53. The lowest BCUT2D eigenvalue weighted by molar-refractivity contribution is -0.120. The lowest BCUT2D eigenvalue weighted by Gasteiger charge is -2.08. The summed E-state index contributed by atoms with van der Waals surface area (Å²) in [5.74, 6) is -0.636. The second-order valence-corrected chi connectivity index (χ2v) is 6.32. The Kier molecular flexibility index (Phi) is 5.69. The summed E-state index contributed by atoms with van der Waals surface area (Å²) in [6, 6.07) is 4.95. The monoisotopic (exact) mass is 349 g/mol. The highest BCUT2D eigenvalue weighted by atomic mass is 32.1. The number of nitrogens with zero attached hydrogens (tertiary/aromatic N) is 2. The van der Waals surface area contributed by atoms with Crippen LogP contribution in [0.1, 0.15) is 34.0 Å². The number of aryl methyl sites for hydroxylation is 1. The topological polar surface area (TPSA) is 105 Å². The van der Waals surface area contributed by atoms with Crippen LogP contribution in [0.3, 0.4) is 0 Å². The van der Waals surface area contributed by atoms with Gasteiger partial charge in [-0.25, -0.2) is 0 Å². The van der Waals surface area contributed by atoms with Crippen molar-refractivity contribution < 1.29 is 14.4 Å². The van der Waals surface area contributed by atoms with Crippen molar-refractivity contribution in [2.75, 3.05) is 11.9 Å². The molecule has 0 aliphatic heterocycles. The fourth-order valence-electron chi connectivity index (χ4n) is 1.91. The summed E-state index contributed by atoms with van der Waals surface area (Å²) < 4.78 is 1.40. The van der Waals surface area contributed by atoms with E-state index in [0.29, 0.717) is 10.7 Å². The van der Waals surface area contributed by atoms with Gasteiger partial charge in [-0.05, 0) is 25.3 Å². The average molecular weight is 349 g/mol. The first-order chi connectivity index (χ1) is 11.4. The average Bonchev–Trinajstić information content (AvgIpc) is 3.15. The van der Waals surface area contributed by atoms with Crippen molar-refractivity contribution in [2.45, 2.75) is 19.9 Å². The van der Waals surface area contributed by atoms with Crippen molar-refractivity contribution in [3.8, 4) is 0 Å². The molecule has 8 nitrogen and oxygen atoms in total. The van der Waals surface area contributed by atoms with Crippen LogP contribution < -0.4 is 16.0 Å². The third-order valence-electron chi connectivity index (χ3n) is 2.96. The van der Waals surface area contributed by atoms with Crippen molar-refractivity contribution in [1.29, 1.82) is 0 Å². The molecule has 0 saturated heterocycles. The van der Waals surface area contributed by atoms with Gasteiger partial charge in [-0.2, -0.15) is 5.10 Å². The highest BCUT2D eigenvalue weighted by Gasteiger charge is 2.16. The molecule has 9 heteroatoms. The lowest BCUT2D eigenvalue weighted by Crippen LogP contribution is -2.39. The van der Waals surface area contributed by atoms with E-state index in [1.54, 1.807) is 24.6 Å². The van der Waals surface area contributed by atoms with Gasteiger partial charge >= 0.3 is 0 Å². The van der Waals surface area contributed by atoms with Crippen molar-refractivity contribution >= 4 is 34.9 Å². The van der Waals surface area contributed by atoms with Crippen LogP contribution in [0.4, 0.5) is 5.82 Å². The summed E-state index contributed by atoms with van der Waals surface area (Å²) in [5, 5.41) is 13.7. The zero-order valence-electron chi connectivity index (χ0n) is 13.6. The first-order valence-corrected chi connectivity index (χ1v) is 8.21. The molecule has 2 rings (SSSR count). The Labute approximate surface area is 143 Å². The van der Waals surface area contributed by atoms with E-state index in [1.807, 2.05) is 13.8 Å². The van der Waals surface area contributed by atoms with Crippen LogP contribution in [0.15, 0.2) is 23.6 Å². The van der Waals surface area contributed by atoms with E-state index in [1.165, 1.54) is 22.1 Å². The number of rotatable bonds is 6. The number of hydrogen-bond acceptors (Lipinski definition) is 5. The molecule has 0 aliphatic rings. The minimum atomic E-state index is -0.485. The van der Waals surface area contributed by atoms with Gasteiger partial charge in [0.2, 0.25) is 5.91 Å². The first-order valence-electron chi connectivity index (χ1n) is 7.33. The van der Waals surface area contributed by atoms with E-state index < -0.39 is 5.91 Å². The molecule has 2 aromatic rings. The summed E-state index contributed by atoms with van der Waals surface area (Å²) >= 11 is 1.32. The maximum atomic E-state index is 12.0. The van der Waals surface area contributed by atoms with E-state index in [0.717, 1.165) is 0 Å². The number of hydrogen-bond donors (Lipinski definition) is 3. The molecular weight excluding hydrogens is 330 g/mol. The zero-order valence-corrected chi connectivity index (χ0v) is 14.4. The SMILES string of the molecule is CC(C)NC(=O)CNC(=O)c1cc(NC(=O)c2cccs2)n(C)n1. The zero-order chi connectivity index (χ0) is 17.7. The summed E-state index contributed by atoms with van der Waals surface area (Å²) in [7, 11) is 1.62. The molecule has 0 radical (unpaired) electrons. The second-order valence-electron chi connectivity index (χ2n) is 5.37. The fraction of sp³-hybridized carbons (Fsp3) is 0.333. The highest BCUT2D eigenvalue weighted by Crippen LogP contribution is 2.14. The molecule has 0 atom stereocenters. The van der Waals surface area contributed by atoms with Crippen molar-refractivity contribution in [3.05, 3.63) is 34.2 Å². The van der Waals surface area contributed by atoms with Gasteiger partial charge in [0.15, 0.2) is 5.69 Å². The maximum Gasteiger partial charge on any atom is 0.272 e. The van der Waals surface area contributed by atoms with Crippen LogP contribution in [-0.2, 0) is 11.8 Å². The third-order valence-corrected chi connectivity index (χ3v) is 3.83. The Morgan fingerprint density at radius 1 is 1.29 bits per heavy atom. The van der Waals surface area contributed by atoms with Gasteiger partial charge in [-0.3, -0.25) is 19.1 Å². The molecular formula is C15H19N5O3S. The molecule has 0 bridgehead atoms. The van der Waals surface area contributed by atoms with Crippen molar-refractivity contribution in [1.82, 2.24) is 20.4 Å². The quantitative estimate of drug-likeness (QED) is 0.723. The van der Waals surface area contributed by atoms with E-state index in [2.05, 4.69) is 21.0 Å². The first kappa shape index (κ1) is 17.7. The number of carbonyl (C=O) groups is 3. The molecule has 3 N–H and O–H groups in total. The normalized spacial score (nSPS) is 10.5. The Hall–Kier alpha value is -2.68. The van der Waals surface area contributed by atoms with Crippen LogP contribution in [0.25, 0.3) is 0 Å². The Balaban J connectivity index is 1.96. The van der Waals surface area contributed by atoms with Crippen LogP contribution in [0.2, 0.25) is 0 Å². The molecule has 24 heavy (non-hydrogen) atoms. The number of amides is 3. The molecule has 0 aliphatic carbocycles. The smallest absolute Gasteiger partial charge is 0.272 e. The maximum absolute atomic E-state index is 12.0. The van der Waals surface area contributed by atoms with Crippen LogP contribution in [-0.4, -0.2) is 40.1 Å². The number of aromatic nitrogens is 2. The molecule has 0 spiro atoms. The molecule has 0 fully saturated rings. The van der Waals surface area contributed by atoms with Gasteiger partial charge < -0.3 is 16.0 Å². The number of carbonyl (C=O) groups excluding carboxylic acids is 3. The van der Waals surface area contributed by atoms with Crippen molar-refractivity contribution in [3.63, 3.8) is 0 Å². The minimum Gasteiger partial charge on any atom is -0.352 e. The van der Waals surface area contributed by atoms with E-state index >= 15 is 0 Å². The molecule has 0 saturated carbocycles. The summed E-state index contributed by atoms with van der Waals surface area (Å²) in [6.07, 6.45) is 0. The van der Waals surface area contributed by atoms with Crippen LogP contribution in [0, 0.1) is 0 Å². The van der Waals surface area contributed by atoms with Gasteiger partial charge in [0.25, 0.3) is 11.8 Å². The third kappa shape index (κ3) is 4.66. The Morgan fingerprint density at radius 2 is 2.04 bits per heavy atom. The largest absolute Gasteiger partial charge is 0.352 e. The predicted molar refractivity (Wildman–Crippen MR) is 91.1 cm³/mol. The number of nitrogens with one attached hydrogen (secondary N) is 3. The minimum absolute atomic E-state index is 0.00307. The molecule has 2 heterocycles. The Bertz CT molecular complexity index is 736. The molecule has 0 aromatic carbocycles. The summed E-state index contributed by atoms with van der Waals surface area (Å²) in [5.41, 5.74) is 0.122. The molecule has 3 amide bonds. The van der Waals surface area contributed by atoms with Gasteiger partial charge in [0, 0.05) is 19.2 Å². The van der Waals surface area contributed by atoms with E-state index in [4.69, 9.17) is 0 Å². The van der Waals surface area contributed by atoms with Gasteiger partial charge in [0.05, 0.1) is 11.4 Å². The van der Waals surface area contributed by atoms with Gasteiger partial charge in [-0.1, -0.05) is 6.07 Å². The second kappa shape index (κ2) is 7.73. The fourth-order valence-corrected chi connectivity index (χ4v) is 2.52. The molecule has 0 unspecified atom stereocenters. The highest BCUT2D eigenvalue weighted by molar-refractivity contribution is 7.12.